The van der Waals surface area contributed by atoms with Gasteiger partial charge >= 0.3 is 0 Å². The highest BCUT2D eigenvalue weighted by molar-refractivity contribution is 6.05. The van der Waals surface area contributed by atoms with Crippen molar-refractivity contribution in [3.63, 3.8) is 0 Å². The molecule has 3 nitrogen and oxygen atoms in total. The average Bonchev–Trinajstić information content (AvgIpc) is 2.39. The van der Waals surface area contributed by atoms with E-state index in [9.17, 15) is 22.4 Å². The molecule has 0 heterocycles. The highest BCUT2D eigenvalue weighted by atomic mass is 19.2. The standard InChI is InChI=1S/C13H8F4N2O/c14-7-1-2-10(18)11(5-7)19-13(20)6-3-8(15)12(17)9(16)4-6/h1-5H,18H2,(H,19,20). The van der Waals surface area contributed by atoms with Gasteiger partial charge in [-0.25, -0.2) is 17.6 Å². The summed E-state index contributed by atoms with van der Waals surface area (Å²) in [6.45, 7) is 0. The van der Waals surface area contributed by atoms with Gasteiger partial charge in [0.05, 0.1) is 11.4 Å². The molecule has 0 saturated carbocycles. The third-order valence-electron chi connectivity index (χ3n) is 2.51. The minimum Gasteiger partial charge on any atom is -0.397 e. The Morgan fingerprint density at radius 2 is 1.60 bits per heavy atom. The number of nitrogen functional groups attached to an aromatic ring is 1. The maximum atomic E-state index is 13.0. The van der Waals surface area contributed by atoms with Crippen molar-refractivity contribution in [3.05, 3.63) is 59.2 Å². The Hall–Kier alpha value is -2.57. The first-order valence-electron chi connectivity index (χ1n) is 5.39. The van der Waals surface area contributed by atoms with Crippen molar-refractivity contribution in [3.8, 4) is 0 Å². The van der Waals surface area contributed by atoms with Gasteiger partial charge in [-0.2, -0.15) is 0 Å². The third kappa shape index (κ3) is 2.71. The molecule has 0 radical (unpaired) electrons. The summed E-state index contributed by atoms with van der Waals surface area (Å²) < 4.78 is 51.8. The zero-order valence-electron chi connectivity index (χ0n) is 9.88. The summed E-state index contributed by atoms with van der Waals surface area (Å²) in [4.78, 5) is 11.7. The van der Waals surface area contributed by atoms with E-state index in [2.05, 4.69) is 5.32 Å². The molecule has 2 aromatic carbocycles. The molecule has 1 amide bonds. The lowest BCUT2D eigenvalue weighted by atomic mass is 10.1. The quantitative estimate of drug-likeness (QED) is 0.506. The third-order valence-corrected chi connectivity index (χ3v) is 2.51. The zero-order chi connectivity index (χ0) is 14.9. The van der Waals surface area contributed by atoms with Crippen LogP contribution in [0.2, 0.25) is 0 Å². The van der Waals surface area contributed by atoms with Crippen LogP contribution in [0.4, 0.5) is 28.9 Å². The van der Waals surface area contributed by atoms with Gasteiger partial charge in [-0.05, 0) is 30.3 Å². The molecule has 0 unspecified atom stereocenters. The van der Waals surface area contributed by atoms with E-state index in [0.717, 1.165) is 12.1 Å². The molecule has 0 saturated heterocycles. The van der Waals surface area contributed by atoms with Gasteiger partial charge in [0.1, 0.15) is 5.82 Å². The van der Waals surface area contributed by atoms with Crippen LogP contribution in [0.3, 0.4) is 0 Å². The van der Waals surface area contributed by atoms with E-state index in [4.69, 9.17) is 5.73 Å². The van der Waals surface area contributed by atoms with E-state index < -0.39 is 34.7 Å². The van der Waals surface area contributed by atoms with Crippen LogP contribution in [0.25, 0.3) is 0 Å². The first-order chi connectivity index (χ1) is 9.38. The predicted octanol–water partition coefficient (Wildman–Crippen LogP) is 3.08. The fraction of sp³-hybridized carbons (Fsp3) is 0. The zero-order valence-corrected chi connectivity index (χ0v) is 9.88. The van der Waals surface area contributed by atoms with E-state index in [1.54, 1.807) is 0 Å². The van der Waals surface area contributed by atoms with Crippen molar-refractivity contribution in [1.29, 1.82) is 0 Å². The van der Waals surface area contributed by atoms with Gasteiger partial charge in [0.15, 0.2) is 17.5 Å². The van der Waals surface area contributed by atoms with Crippen LogP contribution in [0.15, 0.2) is 30.3 Å². The minimum atomic E-state index is -1.67. The monoisotopic (exact) mass is 284 g/mol. The molecular formula is C13H8F4N2O. The predicted molar refractivity (Wildman–Crippen MR) is 65.1 cm³/mol. The van der Waals surface area contributed by atoms with Crippen molar-refractivity contribution in [2.75, 3.05) is 11.1 Å². The molecule has 0 bridgehead atoms. The Labute approximate surface area is 111 Å². The molecule has 0 aromatic heterocycles. The number of nitrogens with one attached hydrogen (secondary N) is 1. The van der Waals surface area contributed by atoms with Gasteiger partial charge in [0, 0.05) is 5.56 Å². The molecule has 104 valence electrons. The maximum absolute atomic E-state index is 13.0. The summed E-state index contributed by atoms with van der Waals surface area (Å²) in [7, 11) is 0. The normalized spacial score (nSPS) is 10.4. The lowest BCUT2D eigenvalue weighted by Gasteiger charge is -2.08. The number of carbonyl (C=O) groups excluding carboxylic acids is 1. The number of hydrogen-bond acceptors (Lipinski definition) is 2. The van der Waals surface area contributed by atoms with Crippen LogP contribution in [0.1, 0.15) is 10.4 Å². The van der Waals surface area contributed by atoms with Gasteiger partial charge in [-0.3, -0.25) is 4.79 Å². The Morgan fingerprint density at radius 1 is 1.00 bits per heavy atom. The summed E-state index contributed by atoms with van der Waals surface area (Å²) >= 11 is 0. The Balaban J connectivity index is 2.31. The van der Waals surface area contributed by atoms with Crippen molar-refractivity contribution < 1.29 is 22.4 Å². The second kappa shape index (κ2) is 5.20. The number of amides is 1. The molecule has 0 aliphatic rings. The number of hydrogen-bond donors (Lipinski definition) is 2. The summed E-state index contributed by atoms with van der Waals surface area (Å²) in [6, 6.07) is 4.31. The molecule has 0 aliphatic heterocycles. The Morgan fingerprint density at radius 3 is 2.20 bits per heavy atom. The number of rotatable bonds is 2. The van der Waals surface area contributed by atoms with E-state index in [-0.39, 0.29) is 11.4 Å². The first kappa shape index (κ1) is 13.9. The van der Waals surface area contributed by atoms with Crippen molar-refractivity contribution in [2.45, 2.75) is 0 Å². The summed E-state index contributed by atoms with van der Waals surface area (Å²) in [5.41, 5.74) is 5.07. The molecule has 0 atom stereocenters. The Kier molecular flexibility index (Phi) is 3.60. The SMILES string of the molecule is Nc1ccc(F)cc1NC(=O)c1cc(F)c(F)c(F)c1. The molecular weight excluding hydrogens is 276 g/mol. The van der Waals surface area contributed by atoms with Crippen LogP contribution in [0.5, 0.6) is 0 Å². The lowest BCUT2D eigenvalue weighted by molar-refractivity contribution is 0.102. The van der Waals surface area contributed by atoms with Crippen molar-refractivity contribution in [1.82, 2.24) is 0 Å². The van der Waals surface area contributed by atoms with Crippen LogP contribution >= 0.6 is 0 Å². The molecule has 0 fully saturated rings. The van der Waals surface area contributed by atoms with Crippen LogP contribution < -0.4 is 11.1 Å². The van der Waals surface area contributed by atoms with Gasteiger partial charge in [-0.15, -0.1) is 0 Å². The van der Waals surface area contributed by atoms with E-state index in [1.807, 2.05) is 0 Å². The van der Waals surface area contributed by atoms with E-state index in [1.165, 1.54) is 6.07 Å². The van der Waals surface area contributed by atoms with Gasteiger partial charge < -0.3 is 11.1 Å². The van der Waals surface area contributed by atoms with Crippen LogP contribution in [-0.2, 0) is 0 Å². The minimum absolute atomic E-state index is 0.0554. The van der Waals surface area contributed by atoms with E-state index >= 15 is 0 Å². The smallest absolute Gasteiger partial charge is 0.255 e. The fourth-order valence-electron chi connectivity index (χ4n) is 1.52. The summed E-state index contributed by atoms with van der Waals surface area (Å²) in [5, 5.41) is 2.18. The highest BCUT2D eigenvalue weighted by Gasteiger charge is 2.16. The molecule has 3 N–H and O–H groups in total. The van der Waals surface area contributed by atoms with Gasteiger partial charge in [0.2, 0.25) is 0 Å². The van der Waals surface area contributed by atoms with Gasteiger partial charge in [-0.1, -0.05) is 0 Å². The molecule has 0 aliphatic carbocycles. The molecule has 2 aromatic rings. The van der Waals surface area contributed by atoms with Gasteiger partial charge in [0.25, 0.3) is 5.91 Å². The molecule has 20 heavy (non-hydrogen) atoms. The highest BCUT2D eigenvalue weighted by Crippen LogP contribution is 2.21. The summed E-state index contributed by atoms with van der Waals surface area (Å²) in [5.74, 6) is -6.26. The first-order valence-corrected chi connectivity index (χ1v) is 5.39. The fourth-order valence-corrected chi connectivity index (χ4v) is 1.52. The average molecular weight is 284 g/mol. The summed E-state index contributed by atoms with van der Waals surface area (Å²) in [6.07, 6.45) is 0. The maximum Gasteiger partial charge on any atom is 0.255 e. The second-order valence-electron chi connectivity index (χ2n) is 3.94. The number of anilines is 2. The van der Waals surface area contributed by atoms with Crippen LogP contribution in [0, 0.1) is 23.3 Å². The van der Waals surface area contributed by atoms with Crippen molar-refractivity contribution in [2.24, 2.45) is 0 Å². The number of benzene rings is 2. The largest absolute Gasteiger partial charge is 0.397 e. The molecule has 7 heteroatoms. The second-order valence-corrected chi connectivity index (χ2v) is 3.94. The number of halogens is 4. The molecule has 2 rings (SSSR count). The topological polar surface area (TPSA) is 55.1 Å². The van der Waals surface area contributed by atoms with Crippen LogP contribution in [-0.4, -0.2) is 5.91 Å². The lowest BCUT2D eigenvalue weighted by Crippen LogP contribution is -2.14. The molecule has 0 spiro atoms. The Bertz CT molecular complexity index is 665. The van der Waals surface area contributed by atoms with Crippen molar-refractivity contribution >= 4 is 17.3 Å². The van der Waals surface area contributed by atoms with E-state index in [0.29, 0.717) is 12.1 Å². The number of nitrogens with two attached hydrogens (primary N) is 1. The number of carbonyl (C=O) groups is 1.